The number of rotatable bonds is 4. The molecule has 3 rings (SSSR count). The number of ether oxygens (including phenoxy) is 2. The van der Waals surface area contributed by atoms with Gasteiger partial charge in [0.2, 0.25) is 5.91 Å². The predicted molar refractivity (Wildman–Crippen MR) is 88.1 cm³/mol. The Morgan fingerprint density at radius 1 is 1.42 bits per heavy atom. The Bertz CT molecular complexity index is 734. The van der Waals surface area contributed by atoms with E-state index in [4.69, 9.17) is 14.0 Å². The third kappa shape index (κ3) is 3.09. The van der Waals surface area contributed by atoms with Crippen LogP contribution in [0.3, 0.4) is 0 Å². The van der Waals surface area contributed by atoms with E-state index in [1.54, 1.807) is 19.1 Å². The average molecular weight is 330 g/mol. The predicted octanol–water partition coefficient (Wildman–Crippen LogP) is 2.51. The molecule has 1 aliphatic heterocycles. The van der Waals surface area contributed by atoms with E-state index in [9.17, 15) is 4.79 Å². The normalized spacial score (nSPS) is 16.2. The summed E-state index contributed by atoms with van der Waals surface area (Å²) >= 11 is 0. The maximum atomic E-state index is 12.8. The van der Waals surface area contributed by atoms with Crippen LogP contribution in [0.2, 0.25) is 0 Å². The van der Waals surface area contributed by atoms with Gasteiger partial charge in [-0.05, 0) is 44.0 Å². The SMILES string of the molecule is COc1ccc2c(c1)C[C@@H](C(=O)N(C)Cc1c(C)noc1C)CO2. The molecule has 0 saturated carbocycles. The summed E-state index contributed by atoms with van der Waals surface area (Å²) in [5.74, 6) is 2.21. The summed E-state index contributed by atoms with van der Waals surface area (Å²) in [6.45, 7) is 4.63. The van der Waals surface area contributed by atoms with Crippen molar-refractivity contribution in [2.75, 3.05) is 20.8 Å². The number of benzene rings is 1. The molecule has 2 heterocycles. The fraction of sp³-hybridized carbons (Fsp3) is 0.444. The Kier molecular flexibility index (Phi) is 4.46. The van der Waals surface area contributed by atoms with Crippen molar-refractivity contribution in [1.82, 2.24) is 10.1 Å². The highest BCUT2D eigenvalue weighted by atomic mass is 16.5. The van der Waals surface area contributed by atoms with E-state index in [-0.39, 0.29) is 11.8 Å². The molecule has 6 heteroatoms. The molecule has 128 valence electrons. The Labute approximate surface area is 141 Å². The highest BCUT2D eigenvalue weighted by Gasteiger charge is 2.29. The number of aromatic nitrogens is 1. The molecule has 24 heavy (non-hydrogen) atoms. The second-order valence-electron chi connectivity index (χ2n) is 6.18. The Morgan fingerprint density at radius 2 is 2.21 bits per heavy atom. The Morgan fingerprint density at radius 3 is 2.88 bits per heavy atom. The van der Waals surface area contributed by atoms with Gasteiger partial charge in [0, 0.05) is 12.6 Å². The molecule has 1 aliphatic rings. The van der Waals surface area contributed by atoms with Crippen molar-refractivity contribution in [1.29, 1.82) is 0 Å². The monoisotopic (exact) mass is 330 g/mol. The van der Waals surface area contributed by atoms with Gasteiger partial charge in [0.1, 0.15) is 23.9 Å². The van der Waals surface area contributed by atoms with E-state index in [1.165, 1.54) is 0 Å². The average Bonchev–Trinajstić information content (AvgIpc) is 2.91. The Hall–Kier alpha value is -2.50. The first-order valence-electron chi connectivity index (χ1n) is 7.96. The quantitative estimate of drug-likeness (QED) is 0.862. The van der Waals surface area contributed by atoms with E-state index >= 15 is 0 Å². The number of carbonyl (C=O) groups is 1. The molecule has 0 N–H and O–H groups in total. The number of carbonyl (C=O) groups excluding carboxylic acids is 1. The fourth-order valence-corrected chi connectivity index (χ4v) is 3.01. The summed E-state index contributed by atoms with van der Waals surface area (Å²) < 4.78 is 16.2. The molecule has 2 aromatic rings. The number of aryl methyl sites for hydroxylation is 2. The molecule has 0 radical (unpaired) electrons. The lowest BCUT2D eigenvalue weighted by Crippen LogP contribution is -2.38. The van der Waals surface area contributed by atoms with Gasteiger partial charge in [-0.25, -0.2) is 0 Å². The summed E-state index contributed by atoms with van der Waals surface area (Å²) in [5.41, 5.74) is 2.79. The maximum Gasteiger partial charge on any atom is 0.229 e. The minimum atomic E-state index is -0.199. The van der Waals surface area contributed by atoms with Crippen molar-refractivity contribution in [3.8, 4) is 11.5 Å². The first-order valence-corrected chi connectivity index (χ1v) is 7.96. The van der Waals surface area contributed by atoms with E-state index in [2.05, 4.69) is 5.16 Å². The van der Waals surface area contributed by atoms with E-state index in [1.807, 2.05) is 32.0 Å². The molecule has 1 aromatic heterocycles. The van der Waals surface area contributed by atoms with Crippen LogP contribution in [0.4, 0.5) is 0 Å². The fourth-order valence-electron chi connectivity index (χ4n) is 3.01. The van der Waals surface area contributed by atoms with Crippen LogP contribution in [-0.2, 0) is 17.8 Å². The molecular formula is C18H22N2O4. The molecule has 0 aliphatic carbocycles. The van der Waals surface area contributed by atoms with Crippen LogP contribution in [0.1, 0.15) is 22.6 Å². The van der Waals surface area contributed by atoms with E-state index < -0.39 is 0 Å². The molecule has 0 fully saturated rings. The van der Waals surface area contributed by atoms with E-state index in [0.29, 0.717) is 19.6 Å². The second kappa shape index (κ2) is 6.55. The minimum Gasteiger partial charge on any atom is -0.497 e. The van der Waals surface area contributed by atoms with Gasteiger partial charge in [0.25, 0.3) is 0 Å². The molecule has 0 unspecified atom stereocenters. The summed E-state index contributed by atoms with van der Waals surface area (Å²) in [4.78, 5) is 14.5. The number of amides is 1. The number of fused-ring (bicyclic) bond motifs is 1. The molecule has 1 aromatic carbocycles. The highest BCUT2D eigenvalue weighted by Crippen LogP contribution is 2.31. The third-order valence-corrected chi connectivity index (χ3v) is 4.48. The zero-order valence-corrected chi connectivity index (χ0v) is 14.5. The van der Waals surface area contributed by atoms with Gasteiger partial charge in [0.15, 0.2) is 0 Å². The number of hydrogen-bond donors (Lipinski definition) is 0. The number of hydrogen-bond acceptors (Lipinski definition) is 5. The van der Waals surface area contributed by atoms with Crippen molar-refractivity contribution >= 4 is 5.91 Å². The van der Waals surface area contributed by atoms with Crippen LogP contribution in [0.15, 0.2) is 22.7 Å². The van der Waals surface area contributed by atoms with Crippen LogP contribution < -0.4 is 9.47 Å². The van der Waals surface area contributed by atoms with Crippen molar-refractivity contribution in [3.63, 3.8) is 0 Å². The smallest absolute Gasteiger partial charge is 0.229 e. The van der Waals surface area contributed by atoms with Gasteiger partial charge in [-0.3, -0.25) is 4.79 Å². The highest BCUT2D eigenvalue weighted by molar-refractivity contribution is 5.79. The van der Waals surface area contributed by atoms with Gasteiger partial charge in [-0.2, -0.15) is 0 Å². The van der Waals surface area contributed by atoms with E-state index in [0.717, 1.165) is 34.1 Å². The summed E-state index contributed by atoms with van der Waals surface area (Å²) in [6, 6.07) is 5.69. The lowest BCUT2D eigenvalue weighted by atomic mass is 9.95. The van der Waals surface area contributed by atoms with Gasteiger partial charge >= 0.3 is 0 Å². The first kappa shape index (κ1) is 16.4. The number of methoxy groups -OCH3 is 1. The molecular weight excluding hydrogens is 308 g/mol. The lowest BCUT2D eigenvalue weighted by molar-refractivity contribution is -0.136. The number of nitrogens with zero attached hydrogens (tertiary/aromatic N) is 2. The molecule has 1 atom stereocenters. The summed E-state index contributed by atoms with van der Waals surface area (Å²) in [6.07, 6.45) is 0.650. The topological polar surface area (TPSA) is 64.8 Å². The minimum absolute atomic E-state index is 0.0588. The zero-order valence-electron chi connectivity index (χ0n) is 14.5. The maximum absolute atomic E-state index is 12.8. The lowest BCUT2D eigenvalue weighted by Gasteiger charge is -2.28. The van der Waals surface area contributed by atoms with Crippen LogP contribution >= 0.6 is 0 Å². The standard InChI is InChI=1S/C18H22N2O4/c1-11-16(12(2)24-19-11)9-20(3)18(21)14-7-13-8-15(22-4)5-6-17(13)23-10-14/h5-6,8,14H,7,9-10H2,1-4H3/t14-/m1/s1. The summed E-state index contributed by atoms with van der Waals surface area (Å²) in [7, 11) is 3.43. The molecule has 0 spiro atoms. The van der Waals surface area contributed by atoms with Crippen molar-refractivity contribution in [3.05, 3.63) is 40.8 Å². The molecule has 6 nitrogen and oxygen atoms in total. The molecule has 0 saturated heterocycles. The van der Waals surface area contributed by atoms with Gasteiger partial charge in [-0.1, -0.05) is 5.16 Å². The largest absolute Gasteiger partial charge is 0.497 e. The Balaban J connectivity index is 1.71. The van der Waals surface area contributed by atoms with Crippen molar-refractivity contribution in [2.24, 2.45) is 5.92 Å². The van der Waals surface area contributed by atoms with Crippen LogP contribution in [0, 0.1) is 19.8 Å². The van der Waals surface area contributed by atoms with Gasteiger partial charge in [-0.15, -0.1) is 0 Å². The summed E-state index contributed by atoms with van der Waals surface area (Å²) in [5, 5.41) is 3.94. The van der Waals surface area contributed by atoms with Crippen molar-refractivity contribution in [2.45, 2.75) is 26.8 Å². The van der Waals surface area contributed by atoms with Crippen molar-refractivity contribution < 1.29 is 18.8 Å². The molecule has 1 amide bonds. The second-order valence-corrected chi connectivity index (χ2v) is 6.18. The zero-order chi connectivity index (χ0) is 17.3. The van der Waals surface area contributed by atoms with Gasteiger partial charge in [0.05, 0.1) is 25.3 Å². The molecule has 0 bridgehead atoms. The third-order valence-electron chi connectivity index (χ3n) is 4.48. The van der Waals surface area contributed by atoms with Gasteiger partial charge < -0.3 is 18.9 Å². The van der Waals surface area contributed by atoms with Crippen LogP contribution in [-0.4, -0.2) is 36.7 Å². The van der Waals surface area contributed by atoms with Crippen LogP contribution in [0.25, 0.3) is 0 Å². The first-order chi connectivity index (χ1) is 11.5. The van der Waals surface area contributed by atoms with Crippen LogP contribution in [0.5, 0.6) is 11.5 Å².